The summed E-state index contributed by atoms with van der Waals surface area (Å²) in [6.45, 7) is 0. The van der Waals surface area contributed by atoms with E-state index in [2.05, 4.69) is 5.32 Å². The van der Waals surface area contributed by atoms with Gasteiger partial charge in [-0.05, 0) is 83.5 Å². The third-order valence-electron chi connectivity index (χ3n) is 5.92. The van der Waals surface area contributed by atoms with Crippen LogP contribution < -0.4 is 15.0 Å². The largest absolute Gasteiger partial charge is 0.457 e. The first-order chi connectivity index (χ1) is 18.7. The molecule has 0 radical (unpaired) electrons. The van der Waals surface area contributed by atoms with Gasteiger partial charge in [0.15, 0.2) is 5.11 Å². The van der Waals surface area contributed by atoms with Crippen molar-refractivity contribution >= 4 is 40.9 Å². The van der Waals surface area contributed by atoms with Gasteiger partial charge in [0.25, 0.3) is 11.8 Å². The summed E-state index contributed by atoms with van der Waals surface area (Å²) in [5.41, 5.74) is 0.0751. The Labute approximate surface area is 227 Å². The second-order valence-electron chi connectivity index (χ2n) is 8.54. The fraction of sp³-hybridized carbons (Fsp3) is 0.0333. The Bertz CT molecular complexity index is 1600. The van der Waals surface area contributed by atoms with E-state index in [0.717, 1.165) is 6.07 Å². The average molecular weight is 545 g/mol. The van der Waals surface area contributed by atoms with Crippen LogP contribution in [-0.4, -0.2) is 16.9 Å². The van der Waals surface area contributed by atoms with E-state index in [0.29, 0.717) is 28.3 Å². The van der Waals surface area contributed by atoms with Gasteiger partial charge >= 0.3 is 6.18 Å². The highest BCUT2D eigenvalue weighted by atomic mass is 32.1. The maximum Gasteiger partial charge on any atom is 0.417 e. The van der Waals surface area contributed by atoms with E-state index >= 15 is 0 Å². The van der Waals surface area contributed by atoms with Crippen molar-refractivity contribution in [2.24, 2.45) is 0 Å². The Morgan fingerprint density at radius 1 is 0.795 bits per heavy atom. The second kappa shape index (κ2) is 10.5. The number of para-hydroxylation sites is 1. The normalized spacial score (nSPS) is 14.9. The van der Waals surface area contributed by atoms with E-state index in [4.69, 9.17) is 17.0 Å². The van der Waals surface area contributed by atoms with Crippen molar-refractivity contribution in [1.29, 1.82) is 0 Å². The number of benzene rings is 4. The molecule has 5 nitrogen and oxygen atoms in total. The minimum absolute atomic E-state index is 0.00899. The van der Waals surface area contributed by atoms with Gasteiger partial charge in [0.1, 0.15) is 17.1 Å². The first kappa shape index (κ1) is 25.9. The zero-order valence-corrected chi connectivity index (χ0v) is 20.9. The van der Waals surface area contributed by atoms with Crippen molar-refractivity contribution in [1.82, 2.24) is 5.32 Å². The van der Waals surface area contributed by atoms with E-state index in [-0.39, 0.29) is 16.2 Å². The summed E-state index contributed by atoms with van der Waals surface area (Å²) in [5, 5.41) is 2.42. The first-order valence-electron chi connectivity index (χ1n) is 11.7. The summed E-state index contributed by atoms with van der Waals surface area (Å²) in [6.07, 6.45) is -3.21. The smallest absolute Gasteiger partial charge is 0.417 e. The molecule has 1 aliphatic heterocycles. The minimum atomic E-state index is -4.54. The molecular formula is C30H19F3N2O3S. The zero-order chi connectivity index (χ0) is 27.6. The van der Waals surface area contributed by atoms with Crippen molar-refractivity contribution in [3.05, 3.63) is 120 Å². The molecule has 39 heavy (non-hydrogen) atoms. The SMILES string of the molecule is O=C1NC(=S)N(c2ccc(Oc3ccccc3)cc2)C(=O)C1=Cc1cccc(-c2ccccc2C(F)(F)F)c1. The molecule has 0 atom stereocenters. The van der Waals surface area contributed by atoms with Crippen LogP contribution in [0, 0.1) is 0 Å². The van der Waals surface area contributed by atoms with E-state index in [9.17, 15) is 22.8 Å². The van der Waals surface area contributed by atoms with E-state index in [1.54, 1.807) is 48.5 Å². The standard InChI is InChI=1S/C30H19F3N2O3S/c31-30(32,33)26-12-5-4-11-24(26)20-8-6-7-19(17-20)18-25-27(36)34-29(39)35(28(25)37)21-13-15-23(16-14-21)38-22-9-2-1-3-10-22/h1-18H,(H,34,36,39). The predicted octanol–water partition coefficient (Wildman–Crippen LogP) is 7.00. The number of nitrogens with one attached hydrogen (secondary N) is 1. The second-order valence-corrected chi connectivity index (χ2v) is 8.92. The molecule has 0 saturated carbocycles. The van der Waals surface area contributed by atoms with Crippen molar-refractivity contribution < 1.29 is 27.5 Å². The molecule has 0 aliphatic carbocycles. The number of carbonyl (C=O) groups is 2. The molecule has 1 saturated heterocycles. The summed E-state index contributed by atoms with van der Waals surface area (Å²) >= 11 is 5.26. The Morgan fingerprint density at radius 2 is 1.46 bits per heavy atom. The predicted molar refractivity (Wildman–Crippen MR) is 146 cm³/mol. The lowest BCUT2D eigenvalue weighted by Gasteiger charge is -2.29. The van der Waals surface area contributed by atoms with Crippen LogP contribution in [0.25, 0.3) is 17.2 Å². The molecule has 4 aromatic carbocycles. The Kier molecular flexibility index (Phi) is 7.00. The van der Waals surface area contributed by atoms with Gasteiger partial charge < -0.3 is 4.74 Å². The van der Waals surface area contributed by atoms with Crippen LogP contribution in [-0.2, 0) is 15.8 Å². The van der Waals surface area contributed by atoms with Crippen LogP contribution in [0.5, 0.6) is 11.5 Å². The number of thiocarbonyl (C=S) groups is 1. The number of ether oxygens (including phenoxy) is 1. The molecule has 0 unspecified atom stereocenters. The highest BCUT2D eigenvalue weighted by Gasteiger charge is 2.35. The number of rotatable bonds is 5. The lowest BCUT2D eigenvalue weighted by atomic mass is 9.97. The summed E-state index contributed by atoms with van der Waals surface area (Å²) < 4.78 is 46.4. The van der Waals surface area contributed by atoms with Gasteiger partial charge in [0.2, 0.25) is 0 Å². The number of amides is 2. The van der Waals surface area contributed by atoms with Crippen LogP contribution >= 0.6 is 12.2 Å². The van der Waals surface area contributed by atoms with Crippen LogP contribution in [0.15, 0.2) is 109 Å². The van der Waals surface area contributed by atoms with Gasteiger partial charge in [-0.1, -0.05) is 54.6 Å². The van der Waals surface area contributed by atoms with Crippen molar-refractivity contribution in [2.75, 3.05) is 4.90 Å². The van der Waals surface area contributed by atoms with Crippen molar-refractivity contribution in [3.8, 4) is 22.6 Å². The third-order valence-corrected chi connectivity index (χ3v) is 6.20. The first-order valence-corrected chi connectivity index (χ1v) is 12.1. The van der Waals surface area contributed by atoms with Gasteiger partial charge in [-0.25, -0.2) is 0 Å². The fourth-order valence-electron chi connectivity index (χ4n) is 4.12. The lowest BCUT2D eigenvalue weighted by molar-refractivity contribution is -0.137. The highest BCUT2D eigenvalue weighted by molar-refractivity contribution is 7.80. The minimum Gasteiger partial charge on any atom is -0.457 e. The molecule has 5 rings (SSSR count). The number of hydrogen-bond acceptors (Lipinski definition) is 4. The van der Waals surface area contributed by atoms with Crippen LogP contribution in [0.3, 0.4) is 0 Å². The molecule has 4 aromatic rings. The van der Waals surface area contributed by atoms with Gasteiger partial charge in [-0.2, -0.15) is 13.2 Å². The quantitative estimate of drug-likeness (QED) is 0.167. The topological polar surface area (TPSA) is 58.6 Å². The monoisotopic (exact) mass is 544 g/mol. The third kappa shape index (κ3) is 5.58. The Hall–Kier alpha value is -4.76. The summed E-state index contributed by atoms with van der Waals surface area (Å²) in [6, 6.07) is 27.2. The molecular weight excluding hydrogens is 525 g/mol. The van der Waals surface area contributed by atoms with E-state index in [1.807, 2.05) is 18.2 Å². The number of halogens is 3. The maximum absolute atomic E-state index is 13.5. The molecule has 1 fully saturated rings. The van der Waals surface area contributed by atoms with Crippen LogP contribution in [0.2, 0.25) is 0 Å². The van der Waals surface area contributed by atoms with Gasteiger partial charge in [0.05, 0.1) is 11.3 Å². The molecule has 0 spiro atoms. The lowest BCUT2D eigenvalue weighted by Crippen LogP contribution is -2.54. The maximum atomic E-state index is 13.5. The zero-order valence-electron chi connectivity index (χ0n) is 20.1. The fourth-order valence-corrected chi connectivity index (χ4v) is 4.41. The van der Waals surface area contributed by atoms with E-state index < -0.39 is 23.6 Å². The summed E-state index contributed by atoms with van der Waals surface area (Å²) in [4.78, 5) is 27.3. The van der Waals surface area contributed by atoms with Crippen molar-refractivity contribution in [3.63, 3.8) is 0 Å². The number of carbonyl (C=O) groups excluding carboxylic acids is 2. The van der Waals surface area contributed by atoms with Crippen LogP contribution in [0.4, 0.5) is 18.9 Å². The molecule has 194 valence electrons. The van der Waals surface area contributed by atoms with Gasteiger partial charge in [-0.15, -0.1) is 0 Å². The summed E-state index contributed by atoms with van der Waals surface area (Å²) in [5.74, 6) is -0.184. The van der Waals surface area contributed by atoms with Gasteiger partial charge in [-0.3, -0.25) is 19.8 Å². The Balaban J connectivity index is 1.44. The number of anilines is 1. The molecule has 1 aliphatic rings. The molecule has 2 amide bonds. The molecule has 0 bridgehead atoms. The summed E-state index contributed by atoms with van der Waals surface area (Å²) in [7, 11) is 0. The molecule has 0 aromatic heterocycles. The Morgan fingerprint density at radius 3 is 2.18 bits per heavy atom. The molecule has 1 N–H and O–H groups in total. The number of hydrogen-bond donors (Lipinski definition) is 1. The van der Waals surface area contributed by atoms with Crippen LogP contribution in [0.1, 0.15) is 11.1 Å². The van der Waals surface area contributed by atoms with Gasteiger partial charge in [0, 0.05) is 0 Å². The molecule has 1 heterocycles. The molecule has 9 heteroatoms. The number of alkyl halides is 3. The van der Waals surface area contributed by atoms with Crippen molar-refractivity contribution in [2.45, 2.75) is 6.18 Å². The average Bonchev–Trinajstić information content (AvgIpc) is 2.92. The highest BCUT2D eigenvalue weighted by Crippen LogP contribution is 2.37. The van der Waals surface area contributed by atoms with E-state index in [1.165, 1.54) is 41.3 Å². The number of nitrogens with zero attached hydrogens (tertiary/aromatic N) is 1.